The van der Waals surface area contributed by atoms with Crippen molar-refractivity contribution in [2.24, 2.45) is 0 Å². The first-order valence-electron chi connectivity index (χ1n) is 5.33. The number of nitrogens with zero attached hydrogens (tertiary/aromatic N) is 2. The van der Waals surface area contributed by atoms with Crippen LogP contribution in [0.15, 0.2) is 24.5 Å². The number of anilines is 1. The van der Waals surface area contributed by atoms with Gasteiger partial charge in [0.05, 0.1) is 17.7 Å². The zero-order valence-corrected chi connectivity index (χ0v) is 9.86. The molecule has 1 aromatic carbocycles. The number of hydrogen-bond donors (Lipinski definition) is 1. The van der Waals surface area contributed by atoms with Crippen molar-refractivity contribution in [2.75, 3.05) is 5.73 Å². The summed E-state index contributed by atoms with van der Waals surface area (Å²) in [5.74, 6) is 0. The van der Waals surface area contributed by atoms with Gasteiger partial charge in [0, 0.05) is 11.3 Å². The van der Waals surface area contributed by atoms with Crippen LogP contribution < -0.4 is 11.3 Å². The molecular formula is C12H15BN3. The molecule has 0 unspecified atom stereocenters. The van der Waals surface area contributed by atoms with E-state index in [0.29, 0.717) is 0 Å². The second kappa shape index (κ2) is 4.04. The number of nitrogens with two attached hydrogens (primary N) is 1. The molecule has 1 heterocycles. The average Bonchev–Trinajstić information content (AvgIpc) is 2.60. The highest BCUT2D eigenvalue weighted by Gasteiger charge is 2.08. The van der Waals surface area contributed by atoms with Gasteiger partial charge in [0.25, 0.3) is 0 Å². The molecule has 0 spiro atoms. The normalized spacial score (nSPS) is 10.4. The van der Waals surface area contributed by atoms with Crippen molar-refractivity contribution in [3.63, 3.8) is 0 Å². The van der Waals surface area contributed by atoms with E-state index >= 15 is 0 Å². The van der Waals surface area contributed by atoms with Gasteiger partial charge in [-0.3, -0.25) is 4.98 Å². The molecule has 16 heavy (non-hydrogen) atoms. The van der Waals surface area contributed by atoms with Crippen LogP contribution in [0.1, 0.15) is 11.3 Å². The molecule has 0 bridgehead atoms. The number of rotatable bonds is 2. The van der Waals surface area contributed by atoms with Crippen LogP contribution in [0.3, 0.4) is 0 Å². The Labute approximate surface area is 96.5 Å². The topological polar surface area (TPSA) is 43.8 Å². The zero-order chi connectivity index (χ0) is 11.7. The largest absolute Gasteiger partial charge is 0.397 e. The summed E-state index contributed by atoms with van der Waals surface area (Å²) >= 11 is 0. The Morgan fingerprint density at radius 1 is 1.31 bits per heavy atom. The number of benzene rings is 1. The monoisotopic (exact) mass is 212 g/mol. The van der Waals surface area contributed by atoms with Gasteiger partial charge < -0.3 is 10.3 Å². The predicted octanol–water partition coefficient (Wildman–Crippen LogP) is 1.45. The molecule has 4 heteroatoms. The summed E-state index contributed by atoms with van der Waals surface area (Å²) in [5, 5.41) is 0. The van der Waals surface area contributed by atoms with Crippen molar-refractivity contribution in [1.29, 1.82) is 0 Å². The smallest absolute Gasteiger partial charge is 0.176 e. The maximum atomic E-state index is 6.01. The summed E-state index contributed by atoms with van der Waals surface area (Å²) in [4.78, 5) is 4.33. The van der Waals surface area contributed by atoms with E-state index in [1.165, 1.54) is 5.56 Å². The van der Waals surface area contributed by atoms with E-state index in [4.69, 9.17) is 5.73 Å². The van der Waals surface area contributed by atoms with E-state index in [1.807, 2.05) is 51.0 Å². The van der Waals surface area contributed by atoms with E-state index < -0.39 is 0 Å². The van der Waals surface area contributed by atoms with E-state index in [2.05, 4.69) is 11.1 Å². The standard InChI is InChI=1S/C12H15BN3/c1-8-4-5-11(10(14)6-8)16-7-15-12(13-3)9(16)2/h4-7H,14H2,1-3H3. The van der Waals surface area contributed by atoms with E-state index in [1.54, 1.807) is 0 Å². The SMILES string of the molecule is C[B]c1ncn(-c2ccc(C)cc2N)c1C. The highest BCUT2D eigenvalue weighted by Crippen LogP contribution is 2.19. The fraction of sp³-hybridized carbons (Fsp3) is 0.250. The molecule has 0 atom stereocenters. The van der Waals surface area contributed by atoms with Crippen LogP contribution in [-0.2, 0) is 0 Å². The van der Waals surface area contributed by atoms with Gasteiger partial charge in [-0.15, -0.1) is 0 Å². The van der Waals surface area contributed by atoms with Crippen LogP contribution in [0, 0.1) is 13.8 Å². The number of hydrogen-bond acceptors (Lipinski definition) is 2. The van der Waals surface area contributed by atoms with Gasteiger partial charge in [0.1, 0.15) is 0 Å². The fourth-order valence-electron chi connectivity index (χ4n) is 1.84. The van der Waals surface area contributed by atoms with Crippen LogP contribution in [0.25, 0.3) is 5.69 Å². The summed E-state index contributed by atoms with van der Waals surface area (Å²) in [6.07, 6.45) is 1.81. The molecule has 2 rings (SSSR count). The second-order valence-electron chi connectivity index (χ2n) is 3.94. The quantitative estimate of drug-likeness (QED) is 0.604. The third-order valence-corrected chi connectivity index (χ3v) is 2.76. The molecule has 1 radical (unpaired) electrons. The van der Waals surface area contributed by atoms with Crippen molar-refractivity contribution < 1.29 is 0 Å². The third-order valence-electron chi connectivity index (χ3n) is 2.76. The van der Waals surface area contributed by atoms with Gasteiger partial charge in [0.2, 0.25) is 0 Å². The molecule has 81 valence electrons. The first-order valence-corrected chi connectivity index (χ1v) is 5.33. The van der Waals surface area contributed by atoms with Gasteiger partial charge in [-0.2, -0.15) is 0 Å². The zero-order valence-electron chi connectivity index (χ0n) is 9.86. The van der Waals surface area contributed by atoms with Gasteiger partial charge in [0.15, 0.2) is 7.28 Å². The van der Waals surface area contributed by atoms with Crippen LogP contribution in [0.4, 0.5) is 5.69 Å². The van der Waals surface area contributed by atoms with Crippen LogP contribution >= 0.6 is 0 Å². The number of imidazole rings is 1. The molecule has 2 aromatic rings. The van der Waals surface area contributed by atoms with Crippen LogP contribution in [-0.4, -0.2) is 16.8 Å². The summed E-state index contributed by atoms with van der Waals surface area (Å²) in [7, 11) is 2.00. The Morgan fingerprint density at radius 2 is 2.06 bits per heavy atom. The lowest BCUT2D eigenvalue weighted by Crippen LogP contribution is -2.16. The molecule has 0 fully saturated rings. The van der Waals surface area contributed by atoms with Crippen LogP contribution in [0.5, 0.6) is 0 Å². The number of aryl methyl sites for hydroxylation is 1. The van der Waals surface area contributed by atoms with Crippen molar-refractivity contribution in [3.8, 4) is 5.69 Å². The molecule has 2 N–H and O–H groups in total. The lowest BCUT2D eigenvalue weighted by atomic mass is 9.77. The highest BCUT2D eigenvalue weighted by molar-refractivity contribution is 6.51. The van der Waals surface area contributed by atoms with Crippen molar-refractivity contribution in [3.05, 3.63) is 35.8 Å². The maximum absolute atomic E-state index is 6.01. The van der Waals surface area contributed by atoms with Gasteiger partial charge in [-0.25, -0.2) is 0 Å². The van der Waals surface area contributed by atoms with Crippen LogP contribution in [0.2, 0.25) is 6.82 Å². The minimum absolute atomic E-state index is 0.781. The van der Waals surface area contributed by atoms with E-state index in [9.17, 15) is 0 Å². The molecule has 0 saturated heterocycles. The summed E-state index contributed by atoms with van der Waals surface area (Å²) in [5.41, 5.74) is 11.1. The van der Waals surface area contributed by atoms with Gasteiger partial charge in [-0.1, -0.05) is 12.9 Å². The molecule has 0 aliphatic heterocycles. The van der Waals surface area contributed by atoms with Gasteiger partial charge in [-0.05, 0) is 31.5 Å². The van der Waals surface area contributed by atoms with E-state index in [-0.39, 0.29) is 0 Å². The predicted molar refractivity (Wildman–Crippen MR) is 68.7 cm³/mol. The minimum atomic E-state index is 0.781. The second-order valence-corrected chi connectivity index (χ2v) is 3.94. The van der Waals surface area contributed by atoms with Crippen molar-refractivity contribution in [2.45, 2.75) is 20.7 Å². The lowest BCUT2D eigenvalue weighted by molar-refractivity contribution is 1.01. The molecule has 3 nitrogen and oxygen atoms in total. The summed E-state index contributed by atoms with van der Waals surface area (Å²) in [6.45, 7) is 6.06. The Hall–Kier alpha value is -1.71. The Morgan fingerprint density at radius 3 is 2.62 bits per heavy atom. The van der Waals surface area contributed by atoms with Gasteiger partial charge >= 0.3 is 0 Å². The summed E-state index contributed by atoms with van der Waals surface area (Å²) in [6, 6.07) is 6.06. The Kier molecular flexibility index (Phi) is 2.73. The first-order chi connectivity index (χ1) is 7.63. The highest BCUT2D eigenvalue weighted by atomic mass is 15.1. The first kappa shape index (κ1) is 10.8. The maximum Gasteiger partial charge on any atom is 0.176 e. The Bertz CT molecular complexity index is 517. The van der Waals surface area contributed by atoms with E-state index in [0.717, 1.165) is 22.7 Å². The minimum Gasteiger partial charge on any atom is -0.397 e. The lowest BCUT2D eigenvalue weighted by Gasteiger charge is -2.09. The van der Waals surface area contributed by atoms with Crippen molar-refractivity contribution in [1.82, 2.24) is 9.55 Å². The number of aromatic nitrogens is 2. The van der Waals surface area contributed by atoms with Crippen molar-refractivity contribution >= 4 is 18.6 Å². The summed E-state index contributed by atoms with van der Waals surface area (Å²) < 4.78 is 2.02. The molecule has 1 aromatic heterocycles. The molecular weight excluding hydrogens is 197 g/mol. The average molecular weight is 212 g/mol. The fourth-order valence-corrected chi connectivity index (χ4v) is 1.84. The third kappa shape index (κ3) is 1.71. The number of nitrogen functional groups attached to an aromatic ring is 1. The molecule has 0 aliphatic rings. The molecule has 0 saturated carbocycles. The molecule has 0 aliphatic carbocycles. The Balaban J connectivity index is 2.54. The molecule has 0 amide bonds.